The summed E-state index contributed by atoms with van der Waals surface area (Å²) in [5.74, 6) is -0.566. The summed E-state index contributed by atoms with van der Waals surface area (Å²) in [5.41, 5.74) is 5.76. The highest BCUT2D eigenvalue weighted by Crippen LogP contribution is 2.39. The lowest BCUT2D eigenvalue weighted by Crippen LogP contribution is -2.53. The van der Waals surface area contributed by atoms with E-state index in [4.69, 9.17) is 10.7 Å². The Kier molecular flexibility index (Phi) is 5.59. The molecule has 0 saturated carbocycles. The molecule has 0 bridgehead atoms. The molecule has 0 radical (unpaired) electrons. The van der Waals surface area contributed by atoms with Gasteiger partial charge in [-0.2, -0.15) is 0 Å². The van der Waals surface area contributed by atoms with E-state index in [1.165, 1.54) is 30.3 Å². The number of imidazole rings is 1. The van der Waals surface area contributed by atoms with E-state index >= 15 is 0 Å². The van der Waals surface area contributed by atoms with Crippen molar-refractivity contribution in [1.82, 2.24) is 14.5 Å². The van der Waals surface area contributed by atoms with Crippen molar-refractivity contribution in [3.63, 3.8) is 0 Å². The fraction of sp³-hybridized carbons (Fsp3) is 0.273. The average Bonchev–Trinajstić information content (AvgIpc) is 3.14. The lowest BCUT2D eigenvalue weighted by Gasteiger charge is -2.42. The first kappa shape index (κ1) is 21.5. The number of halogens is 2. The van der Waals surface area contributed by atoms with Gasteiger partial charge in [0.05, 0.1) is 12.1 Å². The fourth-order valence-corrected chi connectivity index (χ4v) is 5.30. The molecule has 31 heavy (non-hydrogen) atoms. The number of benzene rings is 2. The minimum Gasteiger partial charge on any atom is -0.605 e. The van der Waals surface area contributed by atoms with Crippen LogP contribution >= 0.6 is 0 Å². The van der Waals surface area contributed by atoms with Gasteiger partial charge in [0, 0.05) is 35.9 Å². The number of nitrogens with two attached hydrogens (primary N) is 1. The van der Waals surface area contributed by atoms with Crippen LogP contribution in [0.1, 0.15) is 19.7 Å². The third-order valence-electron chi connectivity index (χ3n) is 5.47. The Bertz CT molecular complexity index is 1130. The predicted molar refractivity (Wildman–Crippen MR) is 112 cm³/mol. The summed E-state index contributed by atoms with van der Waals surface area (Å²) in [4.78, 5) is 19.1. The monoisotopic (exact) mass is 444 g/mol. The summed E-state index contributed by atoms with van der Waals surface area (Å²) in [7, 11) is 0. The van der Waals surface area contributed by atoms with Gasteiger partial charge < -0.3 is 15.2 Å². The number of nitrogens with zero attached hydrogens (tertiary/aromatic N) is 3. The van der Waals surface area contributed by atoms with Crippen LogP contribution in [0.5, 0.6) is 0 Å². The zero-order chi connectivity index (χ0) is 22.3. The van der Waals surface area contributed by atoms with Gasteiger partial charge >= 0.3 is 0 Å². The van der Waals surface area contributed by atoms with Gasteiger partial charge in [0.2, 0.25) is 5.91 Å². The van der Waals surface area contributed by atoms with Crippen LogP contribution in [0.25, 0.3) is 11.3 Å². The largest absolute Gasteiger partial charge is 0.605 e. The molecule has 3 aromatic rings. The topological polar surface area (TPSA) is 87.2 Å². The van der Waals surface area contributed by atoms with E-state index in [1.54, 1.807) is 23.1 Å². The molecule has 1 aliphatic heterocycles. The third-order valence-corrected chi connectivity index (χ3v) is 6.92. The Hall–Kier alpha value is -2.75. The molecule has 6 nitrogen and oxygen atoms in total. The number of carbonyl (C=O) groups excluding carboxylic acids is 1. The van der Waals surface area contributed by atoms with Crippen LogP contribution in [0.4, 0.5) is 8.78 Å². The molecule has 0 spiro atoms. The first-order valence-corrected chi connectivity index (χ1v) is 10.9. The van der Waals surface area contributed by atoms with Crippen LogP contribution in [0.2, 0.25) is 0 Å². The number of amides is 1. The molecule has 2 N–H and O–H groups in total. The SMILES string of the molecule is CC1(C)c2nc(-c3ccc(F)cc3)c([S+]([O-])c3cccc(F)c3)n2CCN1C(=O)CN. The molecule has 2 aromatic carbocycles. The van der Waals surface area contributed by atoms with Crippen LogP contribution in [0.3, 0.4) is 0 Å². The van der Waals surface area contributed by atoms with E-state index in [2.05, 4.69) is 0 Å². The van der Waals surface area contributed by atoms with Gasteiger partial charge in [0.15, 0.2) is 4.90 Å². The van der Waals surface area contributed by atoms with E-state index in [0.29, 0.717) is 40.1 Å². The summed E-state index contributed by atoms with van der Waals surface area (Å²) in [6.45, 7) is 4.29. The van der Waals surface area contributed by atoms with E-state index in [9.17, 15) is 18.1 Å². The van der Waals surface area contributed by atoms with Crippen molar-refractivity contribution in [2.24, 2.45) is 5.73 Å². The molecule has 2 heterocycles. The molecule has 1 aliphatic rings. The summed E-state index contributed by atoms with van der Waals surface area (Å²) < 4.78 is 42.7. The number of hydrogen-bond donors (Lipinski definition) is 1. The van der Waals surface area contributed by atoms with Gasteiger partial charge in [-0.05, 0) is 50.2 Å². The molecular weight excluding hydrogens is 422 g/mol. The number of aromatic nitrogens is 2. The molecule has 1 aromatic heterocycles. The zero-order valence-electron chi connectivity index (χ0n) is 17.1. The summed E-state index contributed by atoms with van der Waals surface area (Å²) >= 11 is -1.75. The third kappa shape index (κ3) is 3.73. The van der Waals surface area contributed by atoms with E-state index in [-0.39, 0.29) is 12.5 Å². The highest BCUT2D eigenvalue weighted by molar-refractivity contribution is 7.91. The highest BCUT2D eigenvalue weighted by atomic mass is 32.2. The van der Waals surface area contributed by atoms with Crippen LogP contribution in [-0.4, -0.2) is 38.0 Å². The number of hydrogen-bond acceptors (Lipinski definition) is 4. The normalized spacial score (nSPS) is 16.1. The van der Waals surface area contributed by atoms with Crippen LogP contribution in [0.15, 0.2) is 58.5 Å². The van der Waals surface area contributed by atoms with Crippen molar-refractivity contribution >= 4 is 17.1 Å². The fourth-order valence-electron chi connectivity index (χ4n) is 3.94. The molecule has 1 unspecified atom stereocenters. The van der Waals surface area contributed by atoms with Crippen molar-refractivity contribution in [3.8, 4) is 11.3 Å². The number of carbonyl (C=O) groups is 1. The molecule has 162 valence electrons. The zero-order valence-corrected chi connectivity index (χ0v) is 18.0. The smallest absolute Gasteiger partial charge is 0.259 e. The van der Waals surface area contributed by atoms with E-state index in [1.807, 2.05) is 18.4 Å². The van der Waals surface area contributed by atoms with Crippen LogP contribution in [0, 0.1) is 11.6 Å². The van der Waals surface area contributed by atoms with Crippen LogP contribution < -0.4 is 5.73 Å². The maximum absolute atomic E-state index is 13.8. The molecule has 0 fully saturated rings. The molecule has 4 rings (SSSR count). The van der Waals surface area contributed by atoms with E-state index < -0.39 is 28.3 Å². The summed E-state index contributed by atoms with van der Waals surface area (Å²) in [6, 6.07) is 11.3. The van der Waals surface area contributed by atoms with Crippen molar-refractivity contribution in [1.29, 1.82) is 0 Å². The Balaban J connectivity index is 1.92. The molecule has 9 heteroatoms. The number of rotatable bonds is 4. The van der Waals surface area contributed by atoms with Gasteiger partial charge in [-0.15, -0.1) is 0 Å². The Labute approximate surface area is 181 Å². The van der Waals surface area contributed by atoms with Gasteiger partial charge in [0.1, 0.15) is 23.2 Å². The van der Waals surface area contributed by atoms with Crippen molar-refractivity contribution < 1.29 is 18.1 Å². The van der Waals surface area contributed by atoms with Crippen molar-refractivity contribution in [3.05, 3.63) is 66.0 Å². The predicted octanol–water partition coefficient (Wildman–Crippen LogP) is 3.03. The average molecular weight is 445 g/mol. The van der Waals surface area contributed by atoms with Gasteiger partial charge in [-0.25, -0.2) is 13.8 Å². The quantitative estimate of drug-likeness (QED) is 0.627. The highest BCUT2D eigenvalue weighted by Gasteiger charge is 2.43. The summed E-state index contributed by atoms with van der Waals surface area (Å²) in [6.07, 6.45) is 0. The Morgan fingerprint density at radius 3 is 2.52 bits per heavy atom. The standard InChI is InChI=1S/C22H22F2N4O2S/c1-22(2)21-26-19(14-6-8-15(23)9-7-14)20(27(21)10-11-28(22)18(29)13-25)31(30)17-5-3-4-16(24)12-17/h3-9,12H,10-11,13,25H2,1-2H3. The lowest BCUT2D eigenvalue weighted by molar-refractivity contribution is -0.137. The van der Waals surface area contributed by atoms with Crippen LogP contribution in [-0.2, 0) is 28.1 Å². The lowest BCUT2D eigenvalue weighted by atomic mass is 9.99. The van der Waals surface area contributed by atoms with Crippen molar-refractivity contribution in [2.75, 3.05) is 13.1 Å². The molecule has 1 atom stereocenters. The Morgan fingerprint density at radius 2 is 1.87 bits per heavy atom. The first-order chi connectivity index (χ1) is 14.7. The van der Waals surface area contributed by atoms with E-state index in [0.717, 1.165) is 0 Å². The number of fused-ring (bicyclic) bond motifs is 1. The molecule has 1 amide bonds. The first-order valence-electron chi connectivity index (χ1n) is 9.79. The van der Waals surface area contributed by atoms with Crippen molar-refractivity contribution in [2.45, 2.75) is 35.9 Å². The second-order valence-corrected chi connectivity index (χ2v) is 9.18. The second-order valence-electron chi connectivity index (χ2n) is 7.78. The summed E-state index contributed by atoms with van der Waals surface area (Å²) in [5, 5.41) is 0.389. The molecular formula is C22H22F2N4O2S. The molecule has 0 saturated heterocycles. The maximum Gasteiger partial charge on any atom is 0.259 e. The van der Waals surface area contributed by atoms with Gasteiger partial charge in [-0.1, -0.05) is 6.07 Å². The Morgan fingerprint density at radius 1 is 1.16 bits per heavy atom. The minimum atomic E-state index is -1.75. The molecule has 0 aliphatic carbocycles. The van der Waals surface area contributed by atoms with Gasteiger partial charge in [-0.3, -0.25) is 9.36 Å². The minimum absolute atomic E-state index is 0.128. The second kappa shape index (κ2) is 8.07. The van der Waals surface area contributed by atoms with Gasteiger partial charge in [0.25, 0.3) is 5.03 Å². The maximum atomic E-state index is 13.8.